The molecular weight excluding hydrogens is 316 g/mol. The van der Waals surface area contributed by atoms with Crippen LogP contribution >= 0.6 is 0 Å². The molecular formula is C18H20N6O. The summed E-state index contributed by atoms with van der Waals surface area (Å²) in [7, 11) is 0. The van der Waals surface area contributed by atoms with Crippen molar-refractivity contribution in [2.45, 2.75) is 25.8 Å². The molecule has 0 aliphatic carbocycles. The summed E-state index contributed by atoms with van der Waals surface area (Å²) in [5.74, 6) is 0.965. The molecule has 0 saturated carbocycles. The maximum absolute atomic E-state index is 12.6. The summed E-state index contributed by atoms with van der Waals surface area (Å²) in [6.45, 7) is 3.48. The molecule has 128 valence electrons. The molecule has 1 fully saturated rings. The lowest BCUT2D eigenvalue weighted by atomic mass is 10.0. The molecule has 3 aromatic heterocycles. The highest BCUT2D eigenvalue weighted by Gasteiger charge is 2.26. The van der Waals surface area contributed by atoms with Crippen molar-refractivity contribution in [2.75, 3.05) is 13.1 Å². The van der Waals surface area contributed by atoms with E-state index in [4.69, 9.17) is 0 Å². The SMILES string of the molecule is Cc1[nH]cnc1-c1nccn1C1CCN(C(=O)c2ccncc2)CC1. The Bertz CT molecular complexity index is 861. The van der Waals surface area contributed by atoms with Gasteiger partial charge in [0.15, 0.2) is 5.82 Å². The maximum Gasteiger partial charge on any atom is 0.253 e. The quantitative estimate of drug-likeness (QED) is 0.797. The number of hydrogen-bond acceptors (Lipinski definition) is 4. The van der Waals surface area contributed by atoms with Crippen molar-refractivity contribution < 1.29 is 4.79 Å². The maximum atomic E-state index is 12.6. The second-order valence-electron chi connectivity index (χ2n) is 6.29. The summed E-state index contributed by atoms with van der Waals surface area (Å²) in [5.41, 5.74) is 2.60. The molecule has 0 radical (unpaired) electrons. The molecule has 1 amide bonds. The van der Waals surface area contributed by atoms with Crippen LogP contribution in [0.2, 0.25) is 0 Å². The number of carbonyl (C=O) groups excluding carboxylic acids is 1. The highest BCUT2D eigenvalue weighted by atomic mass is 16.2. The van der Waals surface area contributed by atoms with Crippen LogP contribution in [-0.2, 0) is 0 Å². The molecule has 3 aromatic rings. The zero-order valence-corrected chi connectivity index (χ0v) is 14.1. The molecule has 1 saturated heterocycles. The van der Waals surface area contributed by atoms with Crippen LogP contribution in [0.15, 0.2) is 43.2 Å². The lowest BCUT2D eigenvalue weighted by molar-refractivity contribution is 0.0695. The molecule has 0 spiro atoms. The molecule has 25 heavy (non-hydrogen) atoms. The third-order valence-electron chi connectivity index (χ3n) is 4.78. The Hall–Kier alpha value is -2.96. The highest BCUT2D eigenvalue weighted by molar-refractivity contribution is 5.94. The Kier molecular flexibility index (Phi) is 4.05. The summed E-state index contributed by atoms with van der Waals surface area (Å²) < 4.78 is 2.19. The fourth-order valence-electron chi connectivity index (χ4n) is 3.40. The minimum Gasteiger partial charge on any atom is -0.348 e. The number of pyridine rings is 1. The van der Waals surface area contributed by atoms with Gasteiger partial charge in [-0.15, -0.1) is 0 Å². The number of aromatic amines is 1. The van der Waals surface area contributed by atoms with Crippen molar-refractivity contribution >= 4 is 5.91 Å². The first-order chi connectivity index (χ1) is 12.2. The van der Waals surface area contributed by atoms with Gasteiger partial charge in [-0.3, -0.25) is 9.78 Å². The smallest absolute Gasteiger partial charge is 0.253 e. The number of hydrogen-bond donors (Lipinski definition) is 1. The minimum atomic E-state index is 0.0786. The van der Waals surface area contributed by atoms with Gasteiger partial charge in [-0.05, 0) is 31.9 Å². The van der Waals surface area contributed by atoms with Gasteiger partial charge in [-0.2, -0.15) is 0 Å². The van der Waals surface area contributed by atoms with E-state index in [0.29, 0.717) is 11.6 Å². The number of aromatic nitrogens is 5. The first-order valence-electron chi connectivity index (χ1n) is 8.46. The predicted molar refractivity (Wildman–Crippen MR) is 93.0 cm³/mol. The van der Waals surface area contributed by atoms with E-state index in [9.17, 15) is 4.79 Å². The van der Waals surface area contributed by atoms with Crippen LogP contribution in [0, 0.1) is 6.92 Å². The van der Waals surface area contributed by atoms with Crippen LogP contribution < -0.4 is 0 Å². The molecule has 4 heterocycles. The molecule has 0 bridgehead atoms. The Morgan fingerprint density at radius 3 is 2.60 bits per heavy atom. The summed E-state index contributed by atoms with van der Waals surface area (Å²) in [6.07, 6.45) is 10.6. The standard InChI is InChI=1S/C18H20N6O/c1-13-16(22-12-21-13)17-20-8-11-24(17)15-4-9-23(10-5-15)18(25)14-2-6-19-7-3-14/h2-3,6-8,11-12,15H,4-5,9-10H2,1H3,(H,21,22). The van der Waals surface area contributed by atoms with Gasteiger partial charge in [0.2, 0.25) is 0 Å². The lowest BCUT2D eigenvalue weighted by Crippen LogP contribution is -2.39. The van der Waals surface area contributed by atoms with E-state index < -0.39 is 0 Å². The Morgan fingerprint density at radius 1 is 1.16 bits per heavy atom. The molecule has 0 unspecified atom stereocenters. The van der Waals surface area contributed by atoms with Crippen LogP contribution in [0.25, 0.3) is 11.5 Å². The molecule has 4 rings (SSSR count). The lowest BCUT2D eigenvalue weighted by Gasteiger charge is -2.33. The second-order valence-corrected chi connectivity index (χ2v) is 6.29. The van der Waals surface area contributed by atoms with Gasteiger partial charge in [-0.25, -0.2) is 9.97 Å². The van der Waals surface area contributed by atoms with E-state index in [1.54, 1.807) is 30.9 Å². The number of piperidine rings is 1. The van der Waals surface area contributed by atoms with Gasteiger partial charge in [0.1, 0.15) is 5.69 Å². The number of rotatable bonds is 3. The van der Waals surface area contributed by atoms with Gasteiger partial charge < -0.3 is 14.5 Å². The topological polar surface area (TPSA) is 79.7 Å². The highest BCUT2D eigenvalue weighted by Crippen LogP contribution is 2.28. The van der Waals surface area contributed by atoms with Crippen molar-refractivity contribution in [2.24, 2.45) is 0 Å². The largest absolute Gasteiger partial charge is 0.348 e. The van der Waals surface area contributed by atoms with Crippen molar-refractivity contribution in [1.29, 1.82) is 0 Å². The summed E-state index contributed by atoms with van der Waals surface area (Å²) in [4.78, 5) is 30.4. The van der Waals surface area contributed by atoms with Crippen LogP contribution in [-0.4, -0.2) is 48.4 Å². The van der Waals surface area contributed by atoms with Crippen molar-refractivity contribution in [3.8, 4) is 11.5 Å². The van der Waals surface area contributed by atoms with Crippen LogP contribution in [0.4, 0.5) is 0 Å². The van der Waals surface area contributed by atoms with Crippen molar-refractivity contribution in [1.82, 2.24) is 29.4 Å². The zero-order chi connectivity index (χ0) is 17.2. The first kappa shape index (κ1) is 15.6. The predicted octanol–water partition coefficient (Wildman–Crippen LogP) is 2.45. The van der Waals surface area contributed by atoms with Gasteiger partial charge in [-0.1, -0.05) is 0 Å². The van der Waals surface area contributed by atoms with E-state index in [0.717, 1.165) is 43.1 Å². The summed E-state index contributed by atoms with van der Waals surface area (Å²) in [6, 6.07) is 3.86. The normalized spacial score (nSPS) is 15.5. The average molecular weight is 336 g/mol. The van der Waals surface area contributed by atoms with Gasteiger partial charge in [0.25, 0.3) is 5.91 Å². The van der Waals surface area contributed by atoms with Crippen LogP contribution in [0.1, 0.15) is 34.9 Å². The number of amides is 1. The average Bonchev–Trinajstić information content (AvgIpc) is 3.30. The monoisotopic (exact) mass is 336 g/mol. The number of imidazole rings is 2. The van der Waals surface area contributed by atoms with Crippen LogP contribution in [0.3, 0.4) is 0 Å². The van der Waals surface area contributed by atoms with E-state index in [2.05, 4.69) is 24.5 Å². The Morgan fingerprint density at radius 2 is 1.92 bits per heavy atom. The number of nitrogens with zero attached hydrogens (tertiary/aromatic N) is 5. The third-order valence-corrected chi connectivity index (χ3v) is 4.78. The molecule has 0 atom stereocenters. The van der Waals surface area contributed by atoms with Crippen LogP contribution in [0.5, 0.6) is 0 Å². The molecule has 1 aliphatic rings. The second kappa shape index (κ2) is 6.51. The fraction of sp³-hybridized carbons (Fsp3) is 0.333. The summed E-state index contributed by atoms with van der Waals surface area (Å²) in [5, 5.41) is 0. The molecule has 7 nitrogen and oxygen atoms in total. The first-order valence-corrected chi connectivity index (χ1v) is 8.46. The molecule has 7 heteroatoms. The van der Waals surface area contributed by atoms with Gasteiger partial charge in [0, 0.05) is 55.2 Å². The summed E-state index contributed by atoms with van der Waals surface area (Å²) >= 11 is 0. The number of aryl methyl sites for hydroxylation is 1. The van der Waals surface area contributed by atoms with E-state index in [1.165, 1.54) is 0 Å². The third kappa shape index (κ3) is 2.93. The minimum absolute atomic E-state index is 0.0786. The fourth-order valence-corrected chi connectivity index (χ4v) is 3.40. The van der Waals surface area contributed by atoms with Gasteiger partial charge in [0.05, 0.1) is 6.33 Å². The number of likely N-dealkylation sites (tertiary alicyclic amines) is 1. The molecule has 1 N–H and O–H groups in total. The molecule has 0 aromatic carbocycles. The van der Waals surface area contributed by atoms with Crippen molar-refractivity contribution in [3.05, 3.63) is 54.5 Å². The number of carbonyl (C=O) groups is 1. The van der Waals surface area contributed by atoms with E-state index >= 15 is 0 Å². The Balaban J connectivity index is 1.48. The number of H-pyrrole nitrogens is 1. The van der Waals surface area contributed by atoms with E-state index in [-0.39, 0.29) is 5.91 Å². The van der Waals surface area contributed by atoms with Gasteiger partial charge >= 0.3 is 0 Å². The van der Waals surface area contributed by atoms with E-state index in [1.807, 2.05) is 24.2 Å². The Labute approximate surface area is 145 Å². The van der Waals surface area contributed by atoms with Crippen molar-refractivity contribution in [3.63, 3.8) is 0 Å². The zero-order valence-electron chi connectivity index (χ0n) is 14.1. The number of nitrogens with one attached hydrogen (secondary N) is 1. The molecule has 1 aliphatic heterocycles.